The van der Waals surface area contributed by atoms with Crippen LogP contribution in [0.5, 0.6) is 0 Å². The SMILES string of the molecule is Cc1cc(N2CC(C)OC(C)(C)C2)ncc1Br. The number of nitrogens with zero attached hydrogens (tertiary/aromatic N) is 2. The molecule has 1 fully saturated rings. The van der Waals surface area contributed by atoms with E-state index in [1.54, 1.807) is 0 Å². The first-order valence-electron chi connectivity index (χ1n) is 5.92. The molecule has 2 rings (SSSR count). The summed E-state index contributed by atoms with van der Waals surface area (Å²) in [5, 5.41) is 0. The Morgan fingerprint density at radius 2 is 2.24 bits per heavy atom. The molecular weight excluding hydrogens is 280 g/mol. The van der Waals surface area contributed by atoms with E-state index in [1.807, 2.05) is 6.20 Å². The van der Waals surface area contributed by atoms with E-state index in [-0.39, 0.29) is 11.7 Å². The van der Waals surface area contributed by atoms with Crippen LogP contribution < -0.4 is 4.90 Å². The Balaban J connectivity index is 2.24. The van der Waals surface area contributed by atoms with Crippen molar-refractivity contribution in [3.63, 3.8) is 0 Å². The minimum absolute atomic E-state index is 0.111. The maximum absolute atomic E-state index is 5.90. The van der Waals surface area contributed by atoms with Crippen molar-refractivity contribution >= 4 is 21.7 Å². The van der Waals surface area contributed by atoms with Gasteiger partial charge in [-0.05, 0) is 55.3 Å². The highest BCUT2D eigenvalue weighted by atomic mass is 79.9. The fourth-order valence-corrected chi connectivity index (χ4v) is 2.54. The molecule has 1 aliphatic heterocycles. The van der Waals surface area contributed by atoms with Gasteiger partial charge in [-0.2, -0.15) is 0 Å². The molecule has 2 heterocycles. The van der Waals surface area contributed by atoms with Crippen molar-refractivity contribution in [1.82, 2.24) is 4.98 Å². The lowest BCUT2D eigenvalue weighted by Gasteiger charge is -2.42. The summed E-state index contributed by atoms with van der Waals surface area (Å²) < 4.78 is 6.96. The quantitative estimate of drug-likeness (QED) is 0.796. The summed E-state index contributed by atoms with van der Waals surface area (Å²) in [5.41, 5.74) is 1.10. The molecule has 0 N–H and O–H groups in total. The highest BCUT2D eigenvalue weighted by molar-refractivity contribution is 9.10. The van der Waals surface area contributed by atoms with Crippen LogP contribution in [0.4, 0.5) is 5.82 Å². The number of halogens is 1. The maximum atomic E-state index is 5.90. The van der Waals surface area contributed by atoms with Gasteiger partial charge in [0.2, 0.25) is 0 Å². The van der Waals surface area contributed by atoms with Crippen molar-refractivity contribution in [3.05, 3.63) is 22.3 Å². The molecule has 17 heavy (non-hydrogen) atoms. The van der Waals surface area contributed by atoms with Crippen LogP contribution in [0.2, 0.25) is 0 Å². The van der Waals surface area contributed by atoms with Crippen LogP contribution in [0.15, 0.2) is 16.7 Å². The van der Waals surface area contributed by atoms with Crippen LogP contribution in [-0.2, 0) is 4.74 Å². The third-order valence-corrected chi connectivity index (χ3v) is 3.76. The van der Waals surface area contributed by atoms with E-state index in [2.05, 4.69) is 59.6 Å². The van der Waals surface area contributed by atoms with Crippen molar-refractivity contribution in [2.24, 2.45) is 0 Å². The third kappa shape index (κ3) is 2.99. The lowest BCUT2D eigenvalue weighted by molar-refractivity contribution is -0.0751. The second-order valence-electron chi connectivity index (χ2n) is 5.36. The average Bonchev–Trinajstić information content (AvgIpc) is 2.19. The van der Waals surface area contributed by atoms with Gasteiger partial charge in [-0.15, -0.1) is 0 Å². The summed E-state index contributed by atoms with van der Waals surface area (Å²) in [6.45, 7) is 10.2. The second-order valence-corrected chi connectivity index (χ2v) is 6.21. The Bertz CT molecular complexity index is 420. The maximum Gasteiger partial charge on any atom is 0.129 e. The van der Waals surface area contributed by atoms with Gasteiger partial charge in [0.25, 0.3) is 0 Å². The van der Waals surface area contributed by atoms with Gasteiger partial charge >= 0.3 is 0 Å². The lowest BCUT2D eigenvalue weighted by Crippen LogP contribution is -2.52. The molecule has 1 aromatic heterocycles. The molecule has 0 saturated carbocycles. The number of rotatable bonds is 1. The zero-order chi connectivity index (χ0) is 12.6. The average molecular weight is 299 g/mol. The Labute approximate surface area is 111 Å². The number of anilines is 1. The molecule has 3 nitrogen and oxygen atoms in total. The zero-order valence-corrected chi connectivity index (χ0v) is 12.4. The molecule has 0 radical (unpaired) electrons. The number of pyridine rings is 1. The lowest BCUT2D eigenvalue weighted by atomic mass is 10.1. The second kappa shape index (κ2) is 4.58. The van der Waals surface area contributed by atoms with Crippen molar-refractivity contribution in [2.75, 3.05) is 18.0 Å². The predicted octanol–water partition coefficient (Wildman–Crippen LogP) is 3.16. The van der Waals surface area contributed by atoms with E-state index in [9.17, 15) is 0 Å². The zero-order valence-electron chi connectivity index (χ0n) is 10.8. The molecular formula is C13H19BrN2O. The molecule has 0 amide bonds. The Hall–Kier alpha value is -0.610. The summed E-state index contributed by atoms with van der Waals surface area (Å²) in [6.07, 6.45) is 2.11. The highest BCUT2D eigenvalue weighted by Crippen LogP contribution is 2.26. The Morgan fingerprint density at radius 1 is 1.53 bits per heavy atom. The summed E-state index contributed by atoms with van der Waals surface area (Å²) in [4.78, 5) is 6.79. The Kier molecular flexibility index (Phi) is 3.46. The van der Waals surface area contributed by atoms with E-state index in [0.29, 0.717) is 0 Å². The summed E-state index contributed by atoms with van der Waals surface area (Å²) in [6, 6.07) is 2.12. The molecule has 1 saturated heterocycles. The predicted molar refractivity (Wildman–Crippen MR) is 73.5 cm³/mol. The van der Waals surface area contributed by atoms with Crippen molar-refractivity contribution in [2.45, 2.75) is 39.4 Å². The first-order chi connectivity index (χ1) is 7.87. The smallest absolute Gasteiger partial charge is 0.129 e. The molecule has 1 aromatic rings. The van der Waals surface area contributed by atoms with Gasteiger partial charge in [-0.1, -0.05) is 0 Å². The molecule has 0 bridgehead atoms. The van der Waals surface area contributed by atoms with Crippen LogP contribution in [0.1, 0.15) is 26.3 Å². The van der Waals surface area contributed by atoms with Gasteiger partial charge in [-0.3, -0.25) is 0 Å². The fraction of sp³-hybridized carbons (Fsp3) is 0.615. The molecule has 1 aliphatic rings. The molecule has 0 spiro atoms. The number of aryl methyl sites for hydroxylation is 1. The standard InChI is InChI=1S/C13H19BrN2O/c1-9-5-12(15-6-11(9)14)16-7-10(2)17-13(3,4)8-16/h5-6,10H,7-8H2,1-4H3. The van der Waals surface area contributed by atoms with Crippen LogP contribution in [0.3, 0.4) is 0 Å². The summed E-state index contributed by atoms with van der Waals surface area (Å²) in [5.74, 6) is 1.04. The normalized spacial score (nSPS) is 23.8. The van der Waals surface area contributed by atoms with E-state index >= 15 is 0 Å². The van der Waals surface area contributed by atoms with Crippen molar-refractivity contribution in [1.29, 1.82) is 0 Å². The van der Waals surface area contributed by atoms with Crippen LogP contribution >= 0.6 is 15.9 Å². The third-order valence-electron chi connectivity index (χ3n) is 2.93. The minimum atomic E-state index is -0.111. The van der Waals surface area contributed by atoms with Gasteiger partial charge in [0.05, 0.1) is 11.7 Å². The number of hydrogen-bond acceptors (Lipinski definition) is 3. The Morgan fingerprint density at radius 3 is 2.82 bits per heavy atom. The number of hydrogen-bond donors (Lipinski definition) is 0. The molecule has 1 unspecified atom stereocenters. The minimum Gasteiger partial charge on any atom is -0.369 e. The van der Waals surface area contributed by atoms with Crippen LogP contribution in [-0.4, -0.2) is 29.8 Å². The summed E-state index contributed by atoms with van der Waals surface area (Å²) in [7, 11) is 0. The number of morpholine rings is 1. The topological polar surface area (TPSA) is 25.4 Å². The summed E-state index contributed by atoms with van der Waals surface area (Å²) >= 11 is 3.48. The van der Waals surface area contributed by atoms with Gasteiger partial charge in [-0.25, -0.2) is 4.98 Å². The van der Waals surface area contributed by atoms with Crippen LogP contribution in [0, 0.1) is 6.92 Å². The van der Waals surface area contributed by atoms with E-state index in [0.717, 1.165) is 23.4 Å². The monoisotopic (exact) mass is 298 g/mol. The highest BCUT2D eigenvalue weighted by Gasteiger charge is 2.31. The van der Waals surface area contributed by atoms with Crippen LogP contribution in [0.25, 0.3) is 0 Å². The molecule has 0 aromatic carbocycles. The van der Waals surface area contributed by atoms with Crippen molar-refractivity contribution in [3.8, 4) is 0 Å². The van der Waals surface area contributed by atoms with Gasteiger partial charge < -0.3 is 9.64 Å². The van der Waals surface area contributed by atoms with E-state index < -0.39 is 0 Å². The number of aromatic nitrogens is 1. The number of ether oxygens (including phenoxy) is 1. The van der Waals surface area contributed by atoms with Gasteiger partial charge in [0.15, 0.2) is 0 Å². The fourth-order valence-electron chi connectivity index (χ4n) is 2.33. The van der Waals surface area contributed by atoms with E-state index in [4.69, 9.17) is 4.74 Å². The molecule has 4 heteroatoms. The van der Waals surface area contributed by atoms with Gasteiger partial charge in [0.1, 0.15) is 5.82 Å². The van der Waals surface area contributed by atoms with E-state index in [1.165, 1.54) is 5.56 Å². The molecule has 0 aliphatic carbocycles. The molecule has 94 valence electrons. The van der Waals surface area contributed by atoms with Crippen molar-refractivity contribution < 1.29 is 4.74 Å². The van der Waals surface area contributed by atoms with Gasteiger partial charge in [0, 0.05) is 23.8 Å². The first-order valence-corrected chi connectivity index (χ1v) is 6.71. The largest absolute Gasteiger partial charge is 0.369 e. The first kappa shape index (κ1) is 12.8. The molecule has 1 atom stereocenters.